The number of H-pyrrole nitrogens is 1. The molecule has 0 radical (unpaired) electrons. The van der Waals surface area contributed by atoms with Crippen LogP contribution in [0.25, 0.3) is 22.1 Å². The minimum atomic E-state index is -0.343. The van der Waals surface area contributed by atoms with Crippen molar-refractivity contribution in [2.45, 2.75) is 25.1 Å². The van der Waals surface area contributed by atoms with E-state index in [9.17, 15) is 9.18 Å². The van der Waals surface area contributed by atoms with E-state index >= 15 is 0 Å². The molecule has 0 atom stereocenters. The summed E-state index contributed by atoms with van der Waals surface area (Å²) >= 11 is 1.15. The second kappa shape index (κ2) is 5.88. The molecule has 22 heavy (non-hydrogen) atoms. The van der Waals surface area contributed by atoms with Gasteiger partial charge in [0.25, 0.3) is 0 Å². The predicted molar refractivity (Wildman–Crippen MR) is 81.1 cm³/mol. The van der Waals surface area contributed by atoms with Crippen LogP contribution in [0.5, 0.6) is 0 Å². The summed E-state index contributed by atoms with van der Waals surface area (Å²) in [6.45, 7) is 3.58. The first kappa shape index (κ1) is 14.7. The molecule has 0 aliphatic rings. The maximum atomic E-state index is 13.3. The zero-order valence-electron chi connectivity index (χ0n) is 12.0. The van der Waals surface area contributed by atoms with Crippen LogP contribution in [-0.4, -0.2) is 38.0 Å². The first-order valence-electron chi connectivity index (χ1n) is 6.67. The van der Waals surface area contributed by atoms with Gasteiger partial charge in [-0.05, 0) is 32.0 Å². The molecule has 8 heteroatoms. The summed E-state index contributed by atoms with van der Waals surface area (Å²) in [5.41, 5.74) is 1.75. The normalized spacial score (nSPS) is 11.5. The summed E-state index contributed by atoms with van der Waals surface area (Å²) in [6.07, 6.45) is -0.154. The number of hydrogen-bond donors (Lipinski definition) is 1. The number of ether oxygens (including phenoxy) is 1. The molecule has 2 aromatic heterocycles. The van der Waals surface area contributed by atoms with E-state index < -0.39 is 0 Å². The Hall–Kier alpha value is -2.22. The van der Waals surface area contributed by atoms with Crippen molar-refractivity contribution in [2.75, 3.05) is 5.75 Å². The Morgan fingerprint density at radius 2 is 2.23 bits per heavy atom. The maximum Gasteiger partial charge on any atom is 0.316 e. The highest BCUT2D eigenvalue weighted by atomic mass is 32.2. The van der Waals surface area contributed by atoms with Crippen LogP contribution in [0.2, 0.25) is 0 Å². The van der Waals surface area contributed by atoms with E-state index in [2.05, 4.69) is 20.2 Å². The third kappa shape index (κ3) is 3.01. The number of thioether (sulfide) groups is 1. The highest BCUT2D eigenvalue weighted by Crippen LogP contribution is 2.24. The fourth-order valence-electron chi connectivity index (χ4n) is 2.01. The van der Waals surface area contributed by atoms with Gasteiger partial charge in [-0.25, -0.2) is 9.37 Å². The number of fused-ring (bicyclic) bond motifs is 3. The standard InChI is InChI=1S/C14H13FN4O2S/c1-7(2)21-11(20)6-22-14-17-13-12(18-19-14)9-5-8(15)3-4-10(9)16-13/h3-5,7H,6H2,1-2H3,(H,16,17,19). The predicted octanol–water partition coefficient (Wildman–Crippen LogP) is 2.69. The van der Waals surface area contributed by atoms with E-state index in [1.165, 1.54) is 12.1 Å². The molecule has 0 spiro atoms. The molecule has 6 nitrogen and oxygen atoms in total. The molecule has 0 saturated carbocycles. The highest BCUT2D eigenvalue weighted by Gasteiger charge is 2.12. The van der Waals surface area contributed by atoms with Crippen LogP contribution in [0.3, 0.4) is 0 Å². The average molecular weight is 320 g/mol. The van der Waals surface area contributed by atoms with Crippen LogP contribution in [0.1, 0.15) is 13.8 Å². The van der Waals surface area contributed by atoms with Crippen molar-refractivity contribution in [2.24, 2.45) is 0 Å². The lowest BCUT2D eigenvalue weighted by Crippen LogP contribution is -2.13. The van der Waals surface area contributed by atoms with Crippen molar-refractivity contribution in [1.29, 1.82) is 0 Å². The van der Waals surface area contributed by atoms with Crippen LogP contribution in [0.15, 0.2) is 23.4 Å². The number of nitrogens with one attached hydrogen (secondary N) is 1. The molecular formula is C14H13FN4O2S. The Labute approximate surface area is 129 Å². The number of carbonyl (C=O) groups excluding carboxylic acids is 1. The quantitative estimate of drug-likeness (QED) is 0.588. The van der Waals surface area contributed by atoms with Gasteiger partial charge in [0, 0.05) is 10.9 Å². The van der Waals surface area contributed by atoms with E-state index in [1.54, 1.807) is 19.9 Å². The van der Waals surface area contributed by atoms with Crippen LogP contribution < -0.4 is 0 Å². The van der Waals surface area contributed by atoms with Gasteiger partial charge < -0.3 is 9.72 Å². The lowest BCUT2D eigenvalue weighted by Gasteiger charge is -2.06. The second-order valence-electron chi connectivity index (χ2n) is 4.93. The molecule has 3 aromatic rings. The average Bonchev–Trinajstić information content (AvgIpc) is 2.81. The SMILES string of the molecule is CC(C)OC(=O)CSc1nnc2c(n1)[nH]c1ccc(F)cc12. The number of nitrogens with zero attached hydrogens (tertiary/aromatic N) is 3. The van der Waals surface area contributed by atoms with Crippen molar-refractivity contribution in [3.63, 3.8) is 0 Å². The van der Waals surface area contributed by atoms with Gasteiger partial charge in [0.05, 0.1) is 11.9 Å². The highest BCUT2D eigenvalue weighted by molar-refractivity contribution is 7.99. The summed E-state index contributed by atoms with van der Waals surface area (Å²) in [7, 11) is 0. The summed E-state index contributed by atoms with van der Waals surface area (Å²) in [5, 5.41) is 9.02. The molecule has 0 bridgehead atoms. The molecule has 0 amide bonds. The molecule has 0 saturated heterocycles. The molecule has 0 aliphatic heterocycles. The number of esters is 1. The van der Waals surface area contributed by atoms with E-state index in [4.69, 9.17) is 4.74 Å². The van der Waals surface area contributed by atoms with Crippen molar-refractivity contribution < 1.29 is 13.9 Å². The lowest BCUT2D eigenvalue weighted by molar-refractivity contribution is -0.144. The molecule has 3 rings (SSSR count). The van der Waals surface area contributed by atoms with Crippen molar-refractivity contribution in [3.8, 4) is 0 Å². The van der Waals surface area contributed by atoms with Crippen molar-refractivity contribution in [3.05, 3.63) is 24.0 Å². The molecular weight excluding hydrogens is 307 g/mol. The Kier molecular flexibility index (Phi) is 3.93. The molecule has 1 N–H and O–H groups in total. The molecule has 2 heterocycles. The maximum absolute atomic E-state index is 13.3. The summed E-state index contributed by atoms with van der Waals surface area (Å²) in [5.74, 6) is -0.562. The zero-order chi connectivity index (χ0) is 15.7. The van der Waals surface area contributed by atoms with Gasteiger partial charge in [0.2, 0.25) is 5.16 Å². The topological polar surface area (TPSA) is 80.8 Å². The van der Waals surface area contributed by atoms with E-state index in [0.29, 0.717) is 21.7 Å². The number of aromatic amines is 1. The number of halogens is 1. The smallest absolute Gasteiger partial charge is 0.316 e. The minimum Gasteiger partial charge on any atom is -0.462 e. The minimum absolute atomic E-state index is 0.111. The third-order valence-electron chi connectivity index (χ3n) is 2.84. The van der Waals surface area contributed by atoms with Crippen molar-refractivity contribution >= 4 is 39.8 Å². The largest absolute Gasteiger partial charge is 0.462 e. The van der Waals surface area contributed by atoms with E-state index in [1.807, 2.05) is 0 Å². The lowest BCUT2D eigenvalue weighted by atomic mass is 10.2. The Balaban J connectivity index is 1.84. The van der Waals surface area contributed by atoms with E-state index in [0.717, 1.165) is 17.3 Å². The van der Waals surface area contributed by atoms with Crippen LogP contribution >= 0.6 is 11.8 Å². The number of rotatable bonds is 4. The van der Waals surface area contributed by atoms with Gasteiger partial charge in [0.1, 0.15) is 11.3 Å². The first-order valence-corrected chi connectivity index (χ1v) is 7.65. The van der Waals surface area contributed by atoms with E-state index in [-0.39, 0.29) is 23.6 Å². The fourth-order valence-corrected chi connectivity index (χ4v) is 2.58. The Bertz CT molecular complexity index is 849. The summed E-state index contributed by atoms with van der Waals surface area (Å²) < 4.78 is 18.3. The van der Waals surface area contributed by atoms with Gasteiger partial charge in [-0.3, -0.25) is 4.79 Å². The Morgan fingerprint density at radius 3 is 3.00 bits per heavy atom. The molecule has 1 aromatic carbocycles. The van der Waals surface area contributed by atoms with Gasteiger partial charge >= 0.3 is 5.97 Å². The van der Waals surface area contributed by atoms with Crippen LogP contribution in [0.4, 0.5) is 4.39 Å². The number of hydrogen-bond acceptors (Lipinski definition) is 6. The number of benzene rings is 1. The number of aromatic nitrogens is 4. The van der Waals surface area contributed by atoms with Gasteiger partial charge in [-0.1, -0.05) is 11.8 Å². The Morgan fingerprint density at radius 1 is 1.41 bits per heavy atom. The molecule has 0 fully saturated rings. The van der Waals surface area contributed by atoms with Crippen molar-refractivity contribution in [1.82, 2.24) is 20.2 Å². The van der Waals surface area contributed by atoms with Gasteiger partial charge in [-0.15, -0.1) is 10.2 Å². The van der Waals surface area contributed by atoms with Crippen LogP contribution in [-0.2, 0) is 9.53 Å². The molecule has 0 aliphatic carbocycles. The number of carbonyl (C=O) groups is 1. The third-order valence-corrected chi connectivity index (χ3v) is 3.65. The second-order valence-corrected chi connectivity index (χ2v) is 5.88. The monoisotopic (exact) mass is 320 g/mol. The van der Waals surface area contributed by atoms with Gasteiger partial charge in [0.15, 0.2) is 5.65 Å². The molecule has 0 unspecified atom stereocenters. The summed E-state index contributed by atoms with van der Waals surface area (Å²) in [6, 6.07) is 4.38. The molecule has 114 valence electrons. The van der Waals surface area contributed by atoms with Gasteiger partial charge in [-0.2, -0.15) is 0 Å². The zero-order valence-corrected chi connectivity index (χ0v) is 12.8. The van der Waals surface area contributed by atoms with Crippen LogP contribution in [0, 0.1) is 5.82 Å². The summed E-state index contributed by atoms with van der Waals surface area (Å²) in [4.78, 5) is 18.9. The fraction of sp³-hybridized carbons (Fsp3) is 0.286. The first-order chi connectivity index (χ1) is 10.5.